The minimum atomic E-state index is -0.175. The Labute approximate surface area is 119 Å². The third-order valence-corrected chi connectivity index (χ3v) is 4.02. The van der Waals surface area contributed by atoms with Crippen LogP contribution in [0.15, 0.2) is 35.1 Å². The van der Waals surface area contributed by atoms with Gasteiger partial charge in [0.1, 0.15) is 11.9 Å². The molecule has 3 N–H and O–H groups in total. The van der Waals surface area contributed by atoms with Crippen LogP contribution in [0.5, 0.6) is 0 Å². The zero-order valence-corrected chi connectivity index (χ0v) is 12.2. The van der Waals surface area contributed by atoms with Gasteiger partial charge in [0.05, 0.1) is 5.02 Å². The van der Waals surface area contributed by atoms with E-state index in [-0.39, 0.29) is 6.04 Å². The molecule has 18 heavy (non-hydrogen) atoms. The van der Waals surface area contributed by atoms with Crippen molar-refractivity contribution in [3.63, 3.8) is 0 Å². The first-order chi connectivity index (χ1) is 8.67. The van der Waals surface area contributed by atoms with Crippen LogP contribution in [0.1, 0.15) is 24.4 Å². The highest BCUT2D eigenvalue weighted by Crippen LogP contribution is 2.28. The normalized spacial score (nSPS) is 12.7. The van der Waals surface area contributed by atoms with E-state index in [2.05, 4.69) is 33.3 Å². The number of hydrogen-bond acceptors (Lipinski definition) is 3. The molecule has 0 aliphatic rings. The van der Waals surface area contributed by atoms with E-state index in [1.807, 2.05) is 29.0 Å². The Hall–Kier alpha value is -0.880. The van der Waals surface area contributed by atoms with Gasteiger partial charge in [-0.25, -0.2) is 10.4 Å². The maximum Gasteiger partial charge on any atom is 0.131 e. The van der Waals surface area contributed by atoms with Gasteiger partial charge in [-0.05, 0) is 40.5 Å². The van der Waals surface area contributed by atoms with Crippen LogP contribution in [0.4, 0.5) is 0 Å². The van der Waals surface area contributed by atoms with E-state index >= 15 is 0 Å². The molecule has 4 nitrogen and oxygen atoms in total. The van der Waals surface area contributed by atoms with Crippen LogP contribution < -0.4 is 11.3 Å². The molecule has 0 saturated heterocycles. The Bertz CT molecular complexity index is 541. The zero-order chi connectivity index (χ0) is 13.1. The SMILES string of the molecule is CCn1ccnc1C(NN)c1ccc(Br)c(Cl)c1. The summed E-state index contributed by atoms with van der Waals surface area (Å²) in [5.41, 5.74) is 3.76. The van der Waals surface area contributed by atoms with Crippen LogP contribution in [0.25, 0.3) is 0 Å². The minimum Gasteiger partial charge on any atom is -0.334 e. The third kappa shape index (κ3) is 2.59. The smallest absolute Gasteiger partial charge is 0.131 e. The van der Waals surface area contributed by atoms with Crippen LogP contribution >= 0.6 is 27.5 Å². The summed E-state index contributed by atoms with van der Waals surface area (Å²) in [5.74, 6) is 6.52. The van der Waals surface area contributed by atoms with Crippen molar-refractivity contribution in [3.05, 3.63) is 51.5 Å². The topological polar surface area (TPSA) is 55.9 Å². The van der Waals surface area contributed by atoms with Crippen molar-refractivity contribution >= 4 is 27.5 Å². The van der Waals surface area contributed by atoms with Gasteiger partial charge in [-0.3, -0.25) is 5.84 Å². The molecule has 2 aromatic rings. The molecule has 1 atom stereocenters. The molecule has 0 spiro atoms. The molecule has 0 aliphatic carbocycles. The first-order valence-electron chi connectivity index (χ1n) is 5.59. The molecule has 1 unspecified atom stereocenters. The number of halogens is 2. The quantitative estimate of drug-likeness (QED) is 0.670. The Balaban J connectivity index is 2.42. The molecule has 0 radical (unpaired) electrons. The maximum atomic E-state index is 6.11. The minimum absolute atomic E-state index is 0.175. The molecule has 1 aromatic heterocycles. The van der Waals surface area contributed by atoms with Crippen molar-refractivity contribution in [1.29, 1.82) is 0 Å². The second-order valence-corrected chi connectivity index (χ2v) is 5.11. The van der Waals surface area contributed by atoms with Gasteiger partial charge in [0.2, 0.25) is 0 Å². The highest BCUT2D eigenvalue weighted by atomic mass is 79.9. The Morgan fingerprint density at radius 3 is 2.94 bits per heavy atom. The van der Waals surface area contributed by atoms with Crippen LogP contribution in [0, 0.1) is 0 Å². The number of hydrazine groups is 1. The van der Waals surface area contributed by atoms with Gasteiger partial charge in [-0.1, -0.05) is 17.7 Å². The van der Waals surface area contributed by atoms with E-state index in [4.69, 9.17) is 17.4 Å². The number of rotatable bonds is 4. The predicted molar refractivity (Wildman–Crippen MR) is 76.2 cm³/mol. The van der Waals surface area contributed by atoms with Crippen molar-refractivity contribution in [1.82, 2.24) is 15.0 Å². The zero-order valence-electron chi connectivity index (χ0n) is 9.90. The summed E-state index contributed by atoms with van der Waals surface area (Å²) in [5, 5.41) is 0.655. The molecular weight excluding hydrogens is 316 g/mol. The van der Waals surface area contributed by atoms with E-state index in [0.29, 0.717) is 5.02 Å². The van der Waals surface area contributed by atoms with Crippen LogP contribution in [0.3, 0.4) is 0 Å². The van der Waals surface area contributed by atoms with Crippen LogP contribution in [0.2, 0.25) is 5.02 Å². The maximum absolute atomic E-state index is 6.11. The lowest BCUT2D eigenvalue weighted by Gasteiger charge is -2.17. The van der Waals surface area contributed by atoms with Crippen molar-refractivity contribution in [3.8, 4) is 0 Å². The number of nitrogens with one attached hydrogen (secondary N) is 1. The second-order valence-electron chi connectivity index (χ2n) is 3.84. The van der Waals surface area contributed by atoms with Gasteiger partial charge in [-0.2, -0.15) is 0 Å². The molecule has 1 aromatic carbocycles. The summed E-state index contributed by atoms with van der Waals surface area (Å²) >= 11 is 9.48. The van der Waals surface area contributed by atoms with E-state index in [0.717, 1.165) is 22.4 Å². The summed E-state index contributed by atoms with van der Waals surface area (Å²) in [6, 6.07) is 5.58. The van der Waals surface area contributed by atoms with E-state index in [1.165, 1.54) is 0 Å². The van der Waals surface area contributed by atoms with Gasteiger partial charge in [0.15, 0.2) is 0 Å². The highest BCUT2D eigenvalue weighted by Gasteiger charge is 2.18. The van der Waals surface area contributed by atoms with Gasteiger partial charge >= 0.3 is 0 Å². The lowest BCUT2D eigenvalue weighted by molar-refractivity contribution is 0.561. The van der Waals surface area contributed by atoms with Gasteiger partial charge in [0, 0.05) is 23.4 Å². The summed E-state index contributed by atoms with van der Waals surface area (Å²) in [7, 11) is 0. The van der Waals surface area contributed by atoms with Crippen LogP contribution in [-0.2, 0) is 6.54 Å². The number of imidazole rings is 1. The Morgan fingerprint density at radius 2 is 2.33 bits per heavy atom. The monoisotopic (exact) mass is 328 g/mol. The fourth-order valence-electron chi connectivity index (χ4n) is 1.86. The molecule has 6 heteroatoms. The summed E-state index contributed by atoms with van der Waals surface area (Å²) in [4.78, 5) is 4.35. The number of hydrogen-bond donors (Lipinski definition) is 2. The molecule has 0 saturated carbocycles. The van der Waals surface area contributed by atoms with Crippen molar-refractivity contribution in [2.75, 3.05) is 0 Å². The first-order valence-corrected chi connectivity index (χ1v) is 6.76. The fraction of sp³-hybridized carbons (Fsp3) is 0.250. The lowest BCUT2D eigenvalue weighted by atomic mass is 10.1. The summed E-state index contributed by atoms with van der Waals surface area (Å²) < 4.78 is 2.91. The number of aromatic nitrogens is 2. The number of nitrogens with zero attached hydrogens (tertiary/aromatic N) is 2. The first kappa shape index (κ1) is 13.5. The lowest BCUT2D eigenvalue weighted by Crippen LogP contribution is -2.31. The predicted octanol–water partition coefficient (Wildman–Crippen LogP) is 2.87. The standard InChI is InChI=1S/C12H14BrClN4/c1-2-18-6-5-16-12(18)11(17-15)8-3-4-9(13)10(14)7-8/h3-7,11,17H,2,15H2,1H3. The molecule has 0 bridgehead atoms. The van der Waals surface area contributed by atoms with E-state index in [9.17, 15) is 0 Å². The summed E-state index contributed by atoms with van der Waals surface area (Å²) in [6.07, 6.45) is 3.70. The van der Waals surface area contributed by atoms with Crippen molar-refractivity contribution in [2.45, 2.75) is 19.5 Å². The molecule has 0 aliphatic heterocycles. The van der Waals surface area contributed by atoms with Crippen molar-refractivity contribution < 1.29 is 0 Å². The highest BCUT2D eigenvalue weighted by molar-refractivity contribution is 9.10. The molecule has 0 fully saturated rings. The average molecular weight is 330 g/mol. The molecule has 0 amide bonds. The number of aryl methyl sites for hydroxylation is 1. The average Bonchev–Trinajstić information content (AvgIpc) is 2.83. The Morgan fingerprint density at radius 1 is 1.56 bits per heavy atom. The van der Waals surface area contributed by atoms with Gasteiger partial charge in [0.25, 0.3) is 0 Å². The molecule has 2 rings (SSSR count). The fourth-order valence-corrected chi connectivity index (χ4v) is 2.30. The molecular formula is C12H14BrClN4. The van der Waals surface area contributed by atoms with E-state index < -0.39 is 0 Å². The number of benzene rings is 1. The molecule has 1 heterocycles. The van der Waals surface area contributed by atoms with Crippen LogP contribution in [-0.4, -0.2) is 9.55 Å². The largest absolute Gasteiger partial charge is 0.334 e. The van der Waals surface area contributed by atoms with Gasteiger partial charge in [-0.15, -0.1) is 0 Å². The summed E-state index contributed by atoms with van der Waals surface area (Å²) in [6.45, 7) is 2.91. The van der Waals surface area contributed by atoms with E-state index in [1.54, 1.807) is 6.20 Å². The third-order valence-electron chi connectivity index (χ3n) is 2.79. The molecule has 96 valence electrons. The van der Waals surface area contributed by atoms with Crippen molar-refractivity contribution in [2.24, 2.45) is 5.84 Å². The van der Waals surface area contributed by atoms with Gasteiger partial charge < -0.3 is 4.57 Å². The number of nitrogens with two attached hydrogens (primary N) is 1. The second kappa shape index (κ2) is 5.84. The Kier molecular flexibility index (Phi) is 4.40.